The number of H-pyrrole nitrogens is 1. The van der Waals surface area contributed by atoms with E-state index in [4.69, 9.17) is 8.83 Å². The molecule has 0 radical (unpaired) electrons. The number of oxazole rings is 1. The van der Waals surface area contributed by atoms with Gasteiger partial charge < -0.3 is 14.2 Å². The number of nitrogens with zero attached hydrogens (tertiary/aromatic N) is 2. The van der Waals surface area contributed by atoms with Crippen molar-refractivity contribution in [2.45, 2.75) is 6.92 Å². The highest BCUT2D eigenvalue weighted by Crippen LogP contribution is 2.24. The summed E-state index contributed by atoms with van der Waals surface area (Å²) < 4.78 is 10.4. The fourth-order valence-corrected chi connectivity index (χ4v) is 2.48. The maximum Gasteiger partial charge on any atom is 0.273 e. The first-order valence-corrected chi connectivity index (χ1v) is 7.60. The zero-order chi connectivity index (χ0) is 17.2. The minimum atomic E-state index is -0.272. The number of hydrogen-bond acceptors (Lipinski definition) is 5. The van der Waals surface area contributed by atoms with Crippen LogP contribution in [-0.2, 0) is 0 Å². The molecule has 3 heterocycles. The second-order valence-electron chi connectivity index (χ2n) is 5.48. The highest BCUT2D eigenvalue weighted by atomic mass is 16.3. The van der Waals surface area contributed by atoms with Gasteiger partial charge in [0.2, 0.25) is 0 Å². The Morgan fingerprint density at radius 2 is 2.00 bits per heavy atom. The summed E-state index contributed by atoms with van der Waals surface area (Å²) in [6.07, 6.45) is 4.54. The van der Waals surface area contributed by atoms with E-state index in [9.17, 15) is 4.79 Å². The predicted molar refractivity (Wildman–Crippen MR) is 90.9 cm³/mol. The van der Waals surface area contributed by atoms with Crippen LogP contribution in [0.15, 0.2) is 64.2 Å². The lowest BCUT2D eigenvalue weighted by atomic mass is 10.1. The van der Waals surface area contributed by atoms with Crippen molar-refractivity contribution in [1.29, 1.82) is 0 Å². The van der Waals surface area contributed by atoms with Crippen LogP contribution in [-0.4, -0.2) is 21.1 Å². The van der Waals surface area contributed by atoms with Crippen LogP contribution in [0.3, 0.4) is 0 Å². The van der Waals surface area contributed by atoms with Gasteiger partial charge in [0, 0.05) is 16.8 Å². The molecule has 0 aliphatic rings. The van der Waals surface area contributed by atoms with Crippen molar-refractivity contribution in [3.63, 3.8) is 0 Å². The minimum Gasteiger partial charge on any atom is -0.472 e. The Hall–Kier alpha value is -3.61. The van der Waals surface area contributed by atoms with Crippen molar-refractivity contribution in [1.82, 2.24) is 15.2 Å². The van der Waals surface area contributed by atoms with Gasteiger partial charge >= 0.3 is 0 Å². The molecule has 2 N–H and O–H groups in total. The van der Waals surface area contributed by atoms with E-state index in [1.807, 2.05) is 31.2 Å². The topological polar surface area (TPSA) is 97.0 Å². The summed E-state index contributed by atoms with van der Waals surface area (Å²) in [6.45, 7) is 1.88. The van der Waals surface area contributed by atoms with Gasteiger partial charge in [-0.05, 0) is 43.3 Å². The van der Waals surface area contributed by atoms with Gasteiger partial charge in [-0.15, -0.1) is 0 Å². The molecule has 0 unspecified atom stereocenters. The fourth-order valence-electron chi connectivity index (χ4n) is 2.48. The van der Waals surface area contributed by atoms with Gasteiger partial charge in [-0.25, -0.2) is 4.98 Å². The number of amides is 1. The second-order valence-corrected chi connectivity index (χ2v) is 5.48. The molecule has 4 aromatic rings. The van der Waals surface area contributed by atoms with Crippen LogP contribution in [0.5, 0.6) is 0 Å². The van der Waals surface area contributed by atoms with Crippen LogP contribution < -0.4 is 5.32 Å². The normalized spacial score (nSPS) is 10.8. The molecule has 0 saturated heterocycles. The first kappa shape index (κ1) is 14.9. The van der Waals surface area contributed by atoms with E-state index < -0.39 is 0 Å². The van der Waals surface area contributed by atoms with E-state index in [-0.39, 0.29) is 5.91 Å². The highest BCUT2D eigenvalue weighted by molar-refractivity contribution is 6.03. The summed E-state index contributed by atoms with van der Waals surface area (Å²) in [5, 5.41) is 9.67. The van der Waals surface area contributed by atoms with Crippen molar-refractivity contribution < 1.29 is 13.6 Å². The van der Waals surface area contributed by atoms with Gasteiger partial charge in [0.1, 0.15) is 5.69 Å². The Bertz CT molecular complexity index is 997. The van der Waals surface area contributed by atoms with E-state index in [0.717, 1.165) is 22.6 Å². The Balaban J connectivity index is 1.49. The quantitative estimate of drug-likeness (QED) is 0.590. The van der Waals surface area contributed by atoms with Gasteiger partial charge in [0.25, 0.3) is 5.91 Å². The Kier molecular flexibility index (Phi) is 3.66. The number of furan rings is 1. The van der Waals surface area contributed by atoms with Crippen LogP contribution in [0.4, 0.5) is 5.69 Å². The third-order valence-electron chi connectivity index (χ3n) is 3.79. The van der Waals surface area contributed by atoms with E-state index in [1.54, 1.807) is 24.7 Å². The molecular weight excluding hydrogens is 320 g/mol. The lowest BCUT2D eigenvalue weighted by Gasteiger charge is -2.04. The zero-order valence-electron chi connectivity index (χ0n) is 13.3. The average Bonchev–Trinajstić information content (AvgIpc) is 3.36. The molecule has 25 heavy (non-hydrogen) atoms. The molecule has 0 bridgehead atoms. The van der Waals surface area contributed by atoms with E-state index >= 15 is 0 Å². The zero-order valence-corrected chi connectivity index (χ0v) is 13.3. The molecule has 0 spiro atoms. The molecule has 0 saturated carbocycles. The maximum absolute atomic E-state index is 12.3. The van der Waals surface area contributed by atoms with Crippen LogP contribution >= 0.6 is 0 Å². The number of carbonyl (C=O) groups is 1. The number of carbonyl (C=O) groups excluding carboxylic acids is 1. The van der Waals surface area contributed by atoms with Crippen molar-refractivity contribution in [3.05, 3.63) is 66.7 Å². The number of hydrogen-bond donors (Lipinski definition) is 2. The van der Waals surface area contributed by atoms with Gasteiger partial charge in [-0.3, -0.25) is 9.89 Å². The molecule has 0 fully saturated rings. The van der Waals surface area contributed by atoms with Crippen LogP contribution in [0.1, 0.15) is 16.2 Å². The number of rotatable bonds is 4. The average molecular weight is 334 g/mol. The van der Waals surface area contributed by atoms with Crippen LogP contribution in [0, 0.1) is 6.92 Å². The third-order valence-corrected chi connectivity index (χ3v) is 3.79. The SMILES string of the molecule is Cc1ncoc1-c1ccc(NC(=O)c2cc(-c3ccoc3)n[nH]2)cc1. The number of aromatic amines is 1. The van der Waals surface area contributed by atoms with Crippen LogP contribution in [0.25, 0.3) is 22.6 Å². The van der Waals surface area contributed by atoms with Crippen molar-refractivity contribution in [2.75, 3.05) is 5.32 Å². The van der Waals surface area contributed by atoms with E-state index in [1.165, 1.54) is 6.39 Å². The van der Waals surface area contributed by atoms with Gasteiger partial charge in [0.15, 0.2) is 12.2 Å². The molecule has 4 rings (SSSR count). The molecule has 7 nitrogen and oxygen atoms in total. The number of aryl methyl sites for hydroxylation is 1. The summed E-state index contributed by atoms with van der Waals surface area (Å²) >= 11 is 0. The predicted octanol–water partition coefficient (Wildman–Crippen LogP) is 3.89. The lowest BCUT2D eigenvalue weighted by Crippen LogP contribution is -2.12. The number of nitrogens with one attached hydrogen (secondary N) is 2. The summed E-state index contributed by atoms with van der Waals surface area (Å²) in [5.41, 5.74) is 4.21. The summed E-state index contributed by atoms with van der Waals surface area (Å²) in [4.78, 5) is 16.4. The largest absolute Gasteiger partial charge is 0.472 e. The molecule has 124 valence electrons. The van der Waals surface area contributed by atoms with Crippen molar-refractivity contribution >= 4 is 11.6 Å². The van der Waals surface area contributed by atoms with Crippen LogP contribution in [0.2, 0.25) is 0 Å². The molecular formula is C18H14N4O3. The Labute approximate surface area is 142 Å². The number of benzene rings is 1. The minimum absolute atomic E-state index is 0.272. The van der Waals surface area contributed by atoms with Gasteiger partial charge in [-0.1, -0.05) is 0 Å². The number of aromatic nitrogens is 3. The molecule has 7 heteroatoms. The number of anilines is 1. The third kappa shape index (κ3) is 2.94. The Morgan fingerprint density at radius 1 is 1.16 bits per heavy atom. The molecule has 1 aromatic carbocycles. The molecule has 0 aliphatic carbocycles. The standard InChI is InChI=1S/C18H14N4O3/c1-11-17(25-10-19-11)12-2-4-14(5-3-12)20-18(23)16-8-15(21-22-16)13-6-7-24-9-13/h2-10H,1H3,(H,20,23)(H,21,22). The fraction of sp³-hybridized carbons (Fsp3) is 0.0556. The molecule has 0 aliphatic heterocycles. The van der Waals surface area contributed by atoms with E-state index in [2.05, 4.69) is 20.5 Å². The smallest absolute Gasteiger partial charge is 0.273 e. The van der Waals surface area contributed by atoms with Gasteiger partial charge in [-0.2, -0.15) is 5.10 Å². The first-order chi connectivity index (χ1) is 12.2. The van der Waals surface area contributed by atoms with E-state index in [0.29, 0.717) is 17.1 Å². The second kappa shape index (κ2) is 6.12. The van der Waals surface area contributed by atoms with Crippen molar-refractivity contribution in [2.24, 2.45) is 0 Å². The molecule has 3 aromatic heterocycles. The highest BCUT2D eigenvalue weighted by Gasteiger charge is 2.12. The summed E-state index contributed by atoms with van der Waals surface area (Å²) in [5.74, 6) is 0.446. The van der Waals surface area contributed by atoms with Crippen molar-refractivity contribution in [3.8, 4) is 22.6 Å². The monoisotopic (exact) mass is 334 g/mol. The lowest BCUT2D eigenvalue weighted by molar-refractivity contribution is 0.102. The molecule has 0 atom stereocenters. The maximum atomic E-state index is 12.3. The first-order valence-electron chi connectivity index (χ1n) is 7.60. The van der Waals surface area contributed by atoms with Gasteiger partial charge in [0.05, 0.1) is 23.9 Å². The summed E-state index contributed by atoms with van der Waals surface area (Å²) in [6, 6.07) is 10.8. The Morgan fingerprint density at radius 3 is 2.68 bits per heavy atom. The molecule has 1 amide bonds. The summed E-state index contributed by atoms with van der Waals surface area (Å²) in [7, 11) is 0.